The van der Waals surface area contributed by atoms with Gasteiger partial charge in [0.25, 0.3) is 0 Å². The normalized spacial score (nSPS) is 38.3. The van der Waals surface area contributed by atoms with Crippen molar-refractivity contribution in [3.8, 4) is 0 Å². The van der Waals surface area contributed by atoms with Gasteiger partial charge >= 0.3 is 0 Å². The number of rotatable bonds is 0. The van der Waals surface area contributed by atoms with Gasteiger partial charge in [0.2, 0.25) is 0 Å². The SMILES string of the molecule is CC1C=C2C(CC1)C2(C)C.[Mg]. The van der Waals surface area contributed by atoms with Crippen LogP contribution in [0.15, 0.2) is 11.6 Å². The first kappa shape index (κ1) is 9.59. The zero-order valence-electron chi connectivity index (χ0n) is 7.85. The van der Waals surface area contributed by atoms with Gasteiger partial charge in [-0.05, 0) is 30.1 Å². The topological polar surface area (TPSA) is 0 Å². The summed E-state index contributed by atoms with van der Waals surface area (Å²) in [7, 11) is 0. The van der Waals surface area contributed by atoms with Crippen LogP contribution in [0.5, 0.6) is 0 Å². The molecule has 2 aliphatic rings. The Morgan fingerprint density at radius 2 is 2.00 bits per heavy atom. The number of fused-ring (bicyclic) bond motifs is 1. The number of hydrogen-bond acceptors (Lipinski definition) is 0. The van der Waals surface area contributed by atoms with Gasteiger partial charge in [0, 0.05) is 23.1 Å². The first-order chi connectivity index (χ1) is 4.62. The molecule has 2 atom stereocenters. The first-order valence-corrected chi connectivity index (χ1v) is 4.34. The van der Waals surface area contributed by atoms with Crippen molar-refractivity contribution in [2.75, 3.05) is 0 Å². The molecule has 2 rings (SSSR count). The summed E-state index contributed by atoms with van der Waals surface area (Å²) in [5, 5.41) is 0. The van der Waals surface area contributed by atoms with Gasteiger partial charge in [-0.3, -0.25) is 0 Å². The molecule has 0 aliphatic heterocycles. The Morgan fingerprint density at radius 3 is 2.45 bits per heavy atom. The van der Waals surface area contributed by atoms with Crippen molar-refractivity contribution in [2.45, 2.75) is 33.6 Å². The van der Waals surface area contributed by atoms with Gasteiger partial charge in [-0.25, -0.2) is 0 Å². The fourth-order valence-electron chi connectivity index (χ4n) is 2.34. The second-order valence-corrected chi connectivity index (χ2v) is 4.45. The Bertz CT molecular complexity index is 191. The Kier molecular flexibility index (Phi) is 2.42. The maximum absolute atomic E-state index is 2.49. The maximum atomic E-state index is 2.49. The van der Waals surface area contributed by atoms with Crippen molar-refractivity contribution in [2.24, 2.45) is 17.3 Å². The number of allylic oxidation sites excluding steroid dienone is 2. The van der Waals surface area contributed by atoms with Crippen LogP contribution in [0.1, 0.15) is 33.6 Å². The van der Waals surface area contributed by atoms with Crippen LogP contribution in [-0.2, 0) is 0 Å². The summed E-state index contributed by atoms with van der Waals surface area (Å²) < 4.78 is 0. The monoisotopic (exact) mass is 160 g/mol. The van der Waals surface area contributed by atoms with Crippen molar-refractivity contribution < 1.29 is 0 Å². The molecule has 0 aromatic heterocycles. The highest BCUT2D eigenvalue weighted by atomic mass is 24.3. The highest BCUT2D eigenvalue weighted by Crippen LogP contribution is 2.62. The van der Waals surface area contributed by atoms with E-state index in [0.717, 1.165) is 11.8 Å². The summed E-state index contributed by atoms with van der Waals surface area (Å²) in [5.41, 5.74) is 2.33. The van der Waals surface area contributed by atoms with Gasteiger partial charge in [-0.15, -0.1) is 0 Å². The van der Waals surface area contributed by atoms with E-state index in [1.807, 2.05) is 0 Å². The molecule has 0 spiro atoms. The minimum absolute atomic E-state index is 0. The average Bonchev–Trinajstić information content (AvgIpc) is 2.36. The Morgan fingerprint density at radius 1 is 1.36 bits per heavy atom. The molecule has 1 fully saturated rings. The Balaban J connectivity index is 0.000000605. The second kappa shape index (κ2) is 2.77. The Labute approximate surface area is 85.6 Å². The van der Waals surface area contributed by atoms with Gasteiger partial charge in [-0.2, -0.15) is 0 Å². The van der Waals surface area contributed by atoms with Crippen LogP contribution in [0, 0.1) is 17.3 Å². The van der Waals surface area contributed by atoms with E-state index in [-0.39, 0.29) is 23.1 Å². The van der Waals surface area contributed by atoms with E-state index in [0.29, 0.717) is 5.41 Å². The van der Waals surface area contributed by atoms with E-state index in [9.17, 15) is 0 Å². The van der Waals surface area contributed by atoms with Crippen LogP contribution in [-0.4, -0.2) is 23.1 Å². The molecule has 0 amide bonds. The fourth-order valence-corrected chi connectivity index (χ4v) is 2.34. The third-order valence-corrected chi connectivity index (χ3v) is 3.28. The largest absolute Gasteiger partial charge is 0.0816 e. The lowest BCUT2D eigenvalue weighted by Crippen LogP contribution is -1.95. The molecule has 1 saturated carbocycles. The van der Waals surface area contributed by atoms with Crippen LogP contribution in [0.4, 0.5) is 0 Å². The highest BCUT2D eigenvalue weighted by Gasteiger charge is 2.52. The predicted molar refractivity (Wildman–Crippen MR) is 49.5 cm³/mol. The first-order valence-electron chi connectivity index (χ1n) is 4.34. The van der Waals surface area contributed by atoms with Gasteiger partial charge in [0.15, 0.2) is 0 Å². The molecule has 2 unspecified atom stereocenters. The van der Waals surface area contributed by atoms with E-state index in [4.69, 9.17) is 0 Å². The smallest absolute Gasteiger partial charge is 0 e. The molecule has 2 aliphatic carbocycles. The summed E-state index contributed by atoms with van der Waals surface area (Å²) >= 11 is 0. The molecule has 0 N–H and O–H groups in total. The van der Waals surface area contributed by atoms with Gasteiger partial charge in [0.1, 0.15) is 0 Å². The lowest BCUT2D eigenvalue weighted by molar-refractivity contribution is 0.488. The molecule has 11 heavy (non-hydrogen) atoms. The molecular formula is C10H16Mg. The summed E-state index contributed by atoms with van der Waals surface area (Å²) in [6, 6.07) is 0. The molecule has 0 nitrogen and oxygen atoms in total. The van der Waals surface area contributed by atoms with E-state index in [1.165, 1.54) is 12.8 Å². The van der Waals surface area contributed by atoms with Crippen molar-refractivity contribution in [1.82, 2.24) is 0 Å². The van der Waals surface area contributed by atoms with Gasteiger partial charge in [-0.1, -0.05) is 32.4 Å². The van der Waals surface area contributed by atoms with E-state index >= 15 is 0 Å². The van der Waals surface area contributed by atoms with Crippen LogP contribution >= 0.6 is 0 Å². The van der Waals surface area contributed by atoms with Crippen LogP contribution in [0.25, 0.3) is 0 Å². The van der Waals surface area contributed by atoms with Gasteiger partial charge < -0.3 is 0 Å². The highest BCUT2D eigenvalue weighted by molar-refractivity contribution is 5.75. The third kappa shape index (κ3) is 1.38. The third-order valence-electron chi connectivity index (χ3n) is 3.28. The number of hydrogen-bond donors (Lipinski definition) is 0. The summed E-state index contributed by atoms with van der Waals surface area (Å²) in [5.74, 6) is 1.82. The predicted octanol–water partition coefficient (Wildman–Crippen LogP) is 2.62. The zero-order chi connectivity index (χ0) is 7.35. The van der Waals surface area contributed by atoms with Crippen molar-refractivity contribution in [3.05, 3.63) is 11.6 Å². The molecule has 0 aromatic carbocycles. The molecule has 58 valence electrons. The molecule has 2 radical (unpaired) electrons. The molecular weight excluding hydrogens is 144 g/mol. The van der Waals surface area contributed by atoms with E-state index < -0.39 is 0 Å². The van der Waals surface area contributed by atoms with E-state index in [1.54, 1.807) is 5.57 Å². The maximum Gasteiger partial charge on any atom is 0 e. The van der Waals surface area contributed by atoms with Crippen LogP contribution in [0.2, 0.25) is 0 Å². The zero-order valence-corrected chi connectivity index (χ0v) is 9.27. The summed E-state index contributed by atoms with van der Waals surface area (Å²) in [6.07, 6.45) is 5.35. The van der Waals surface area contributed by atoms with Crippen molar-refractivity contribution >= 4 is 23.1 Å². The molecule has 0 heterocycles. The molecule has 0 saturated heterocycles. The lowest BCUT2D eigenvalue weighted by Gasteiger charge is -2.08. The summed E-state index contributed by atoms with van der Waals surface area (Å²) in [4.78, 5) is 0. The van der Waals surface area contributed by atoms with Crippen LogP contribution < -0.4 is 0 Å². The fraction of sp³-hybridized carbons (Fsp3) is 0.800. The molecule has 1 heteroatoms. The van der Waals surface area contributed by atoms with Crippen LogP contribution in [0.3, 0.4) is 0 Å². The quantitative estimate of drug-likeness (QED) is 0.378. The van der Waals surface area contributed by atoms with E-state index in [2.05, 4.69) is 26.8 Å². The minimum atomic E-state index is 0. The van der Waals surface area contributed by atoms with Gasteiger partial charge in [0.05, 0.1) is 0 Å². The minimum Gasteiger partial charge on any atom is -0.0816 e. The van der Waals surface area contributed by atoms with Crippen molar-refractivity contribution in [3.63, 3.8) is 0 Å². The van der Waals surface area contributed by atoms with Crippen molar-refractivity contribution in [1.29, 1.82) is 0 Å². The second-order valence-electron chi connectivity index (χ2n) is 4.45. The molecule has 0 aromatic rings. The molecule has 0 bridgehead atoms. The Hall–Kier alpha value is 0.506. The lowest BCUT2D eigenvalue weighted by atomic mass is 9.98. The average molecular weight is 161 g/mol. The standard InChI is InChI=1S/C10H16.Mg/c1-7-4-5-8-9(6-7)10(8,2)3;/h6-8H,4-5H2,1-3H3;. The summed E-state index contributed by atoms with van der Waals surface area (Å²) in [6.45, 7) is 7.08.